The highest BCUT2D eigenvalue weighted by atomic mass is 16.5. The number of nitrogens with two attached hydrogens (primary N) is 1. The predicted octanol–water partition coefficient (Wildman–Crippen LogP) is 0.418. The summed E-state index contributed by atoms with van der Waals surface area (Å²) in [7, 11) is 0. The maximum absolute atomic E-state index is 10.9. The molecule has 0 aliphatic carbocycles. The van der Waals surface area contributed by atoms with E-state index in [1.54, 1.807) is 0 Å². The molecule has 0 radical (unpaired) electrons. The fourth-order valence-electron chi connectivity index (χ4n) is 0.840. The molecule has 0 fully saturated rings. The first-order valence-corrected chi connectivity index (χ1v) is 3.56. The lowest BCUT2D eigenvalue weighted by atomic mass is 10.3. The average Bonchev–Trinajstić information content (AvgIpc) is 2.32. The summed E-state index contributed by atoms with van der Waals surface area (Å²) in [6, 6.07) is 0. The number of nitrogens with one attached hydrogen (secondary N) is 1. The molecule has 0 aliphatic heterocycles. The summed E-state index contributed by atoms with van der Waals surface area (Å²) < 4.78 is 4.62. The number of Topliss-reactive ketones (excluding diaryl/α,β-unsaturated/α-hetero) is 1. The fraction of sp³-hybridized carbons (Fsp3) is 0.286. The van der Waals surface area contributed by atoms with E-state index in [1.807, 2.05) is 0 Å². The SMILES string of the molecule is CC(=O)Nc1c(N)noc1C(C)=O. The van der Waals surface area contributed by atoms with E-state index in [2.05, 4.69) is 15.0 Å². The molecule has 1 amide bonds. The van der Waals surface area contributed by atoms with Crippen LogP contribution in [0.4, 0.5) is 11.5 Å². The molecule has 0 aromatic carbocycles. The summed E-state index contributed by atoms with van der Waals surface area (Å²) in [6.07, 6.45) is 0. The van der Waals surface area contributed by atoms with Gasteiger partial charge < -0.3 is 15.6 Å². The highest BCUT2D eigenvalue weighted by molar-refractivity contribution is 6.03. The van der Waals surface area contributed by atoms with Crippen molar-refractivity contribution >= 4 is 23.2 Å². The monoisotopic (exact) mass is 183 g/mol. The predicted molar refractivity (Wildman–Crippen MR) is 45.2 cm³/mol. The summed E-state index contributed by atoms with van der Waals surface area (Å²) in [5.41, 5.74) is 5.49. The van der Waals surface area contributed by atoms with E-state index in [0.29, 0.717) is 0 Å². The molecule has 0 saturated carbocycles. The molecule has 0 aliphatic rings. The standard InChI is InChI=1S/C7H9N3O3/c1-3(11)6-5(9-4(2)12)7(8)10-13-6/h1-2H3,(H2,8,10)(H,9,12). The first-order chi connectivity index (χ1) is 6.02. The second-order valence-corrected chi connectivity index (χ2v) is 2.51. The number of ketones is 1. The van der Waals surface area contributed by atoms with Crippen LogP contribution in [0.3, 0.4) is 0 Å². The summed E-state index contributed by atoms with van der Waals surface area (Å²) in [4.78, 5) is 21.6. The van der Waals surface area contributed by atoms with Crippen LogP contribution in [-0.4, -0.2) is 16.8 Å². The molecule has 3 N–H and O–H groups in total. The van der Waals surface area contributed by atoms with Crippen LogP contribution in [0.2, 0.25) is 0 Å². The van der Waals surface area contributed by atoms with Crippen LogP contribution in [0.15, 0.2) is 4.52 Å². The zero-order valence-electron chi connectivity index (χ0n) is 7.25. The Kier molecular flexibility index (Phi) is 2.32. The molecule has 70 valence electrons. The number of amides is 1. The lowest BCUT2D eigenvalue weighted by molar-refractivity contribution is -0.114. The molecule has 1 heterocycles. The number of rotatable bonds is 2. The van der Waals surface area contributed by atoms with Crippen molar-refractivity contribution in [2.24, 2.45) is 0 Å². The van der Waals surface area contributed by atoms with Crippen molar-refractivity contribution < 1.29 is 14.1 Å². The van der Waals surface area contributed by atoms with Gasteiger partial charge in [-0.05, 0) is 0 Å². The molecule has 0 atom stereocenters. The summed E-state index contributed by atoms with van der Waals surface area (Å²) in [6.45, 7) is 2.60. The van der Waals surface area contributed by atoms with Crippen molar-refractivity contribution in [2.45, 2.75) is 13.8 Å². The largest absolute Gasteiger partial charge is 0.379 e. The third kappa shape index (κ3) is 1.84. The Labute approximate surface area is 74.1 Å². The van der Waals surface area contributed by atoms with Crippen molar-refractivity contribution in [3.63, 3.8) is 0 Å². The number of carbonyl (C=O) groups excluding carboxylic acids is 2. The molecule has 6 heteroatoms. The fourth-order valence-corrected chi connectivity index (χ4v) is 0.840. The van der Waals surface area contributed by atoms with E-state index in [-0.39, 0.29) is 29.0 Å². The quantitative estimate of drug-likeness (QED) is 0.647. The number of aromatic nitrogens is 1. The van der Waals surface area contributed by atoms with Crippen molar-refractivity contribution in [1.82, 2.24) is 5.16 Å². The number of nitrogen functional groups attached to an aromatic ring is 1. The van der Waals surface area contributed by atoms with E-state index < -0.39 is 0 Å². The lowest BCUT2D eigenvalue weighted by Gasteiger charge is -1.98. The van der Waals surface area contributed by atoms with Gasteiger partial charge in [0.25, 0.3) is 0 Å². The number of hydrogen-bond donors (Lipinski definition) is 2. The van der Waals surface area contributed by atoms with Crippen LogP contribution in [-0.2, 0) is 4.79 Å². The van der Waals surface area contributed by atoms with Crippen LogP contribution in [0.1, 0.15) is 24.4 Å². The van der Waals surface area contributed by atoms with Crippen molar-refractivity contribution in [3.05, 3.63) is 5.76 Å². The highest BCUT2D eigenvalue weighted by Gasteiger charge is 2.18. The van der Waals surface area contributed by atoms with Crippen LogP contribution in [0, 0.1) is 0 Å². The molecular weight excluding hydrogens is 174 g/mol. The van der Waals surface area contributed by atoms with Gasteiger partial charge in [-0.25, -0.2) is 0 Å². The summed E-state index contributed by atoms with van der Waals surface area (Å²) in [5.74, 6) is -0.710. The Bertz CT molecular complexity index is 356. The van der Waals surface area contributed by atoms with E-state index in [9.17, 15) is 9.59 Å². The van der Waals surface area contributed by atoms with Gasteiger partial charge in [0, 0.05) is 13.8 Å². The number of anilines is 2. The maximum atomic E-state index is 10.9. The van der Waals surface area contributed by atoms with E-state index >= 15 is 0 Å². The van der Waals surface area contributed by atoms with Crippen molar-refractivity contribution in [2.75, 3.05) is 11.1 Å². The van der Waals surface area contributed by atoms with E-state index in [0.717, 1.165) is 0 Å². The van der Waals surface area contributed by atoms with Gasteiger partial charge >= 0.3 is 0 Å². The lowest BCUT2D eigenvalue weighted by Crippen LogP contribution is -2.09. The van der Waals surface area contributed by atoms with Crippen LogP contribution in [0.25, 0.3) is 0 Å². The highest BCUT2D eigenvalue weighted by Crippen LogP contribution is 2.22. The first-order valence-electron chi connectivity index (χ1n) is 3.56. The molecule has 1 aromatic rings. The van der Waals surface area contributed by atoms with Crippen molar-refractivity contribution in [3.8, 4) is 0 Å². The Morgan fingerprint density at radius 1 is 1.46 bits per heavy atom. The van der Waals surface area contributed by atoms with E-state index in [4.69, 9.17) is 5.73 Å². The third-order valence-electron chi connectivity index (χ3n) is 1.34. The third-order valence-corrected chi connectivity index (χ3v) is 1.34. The Hall–Kier alpha value is -1.85. The number of hydrogen-bond acceptors (Lipinski definition) is 5. The second kappa shape index (κ2) is 3.26. The minimum atomic E-state index is -0.340. The van der Waals surface area contributed by atoms with Crippen LogP contribution in [0.5, 0.6) is 0 Å². The van der Waals surface area contributed by atoms with Gasteiger partial charge in [0.2, 0.25) is 11.7 Å². The molecule has 6 nitrogen and oxygen atoms in total. The van der Waals surface area contributed by atoms with Gasteiger partial charge in [-0.1, -0.05) is 5.16 Å². The zero-order chi connectivity index (χ0) is 10.0. The minimum absolute atomic E-state index is 0.000370. The molecular formula is C7H9N3O3. The van der Waals surface area contributed by atoms with Gasteiger partial charge in [-0.3, -0.25) is 9.59 Å². The molecule has 0 bridgehead atoms. The van der Waals surface area contributed by atoms with Gasteiger partial charge in [-0.2, -0.15) is 0 Å². The number of nitrogens with zero attached hydrogens (tertiary/aromatic N) is 1. The molecule has 0 spiro atoms. The average molecular weight is 183 g/mol. The molecule has 1 aromatic heterocycles. The van der Waals surface area contributed by atoms with Gasteiger partial charge in [0.05, 0.1) is 0 Å². The second-order valence-electron chi connectivity index (χ2n) is 2.51. The molecule has 1 rings (SSSR count). The smallest absolute Gasteiger partial charge is 0.227 e. The van der Waals surface area contributed by atoms with E-state index in [1.165, 1.54) is 13.8 Å². The minimum Gasteiger partial charge on any atom is -0.379 e. The van der Waals surface area contributed by atoms with Gasteiger partial charge in [-0.15, -0.1) is 0 Å². The molecule has 0 unspecified atom stereocenters. The molecule has 13 heavy (non-hydrogen) atoms. The maximum Gasteiger partial charge on any atom is 0.227 e. The zero-order valence-corrected chi connectivity index (χ0v) is 7.25. The number of carbonyl (C=O) groups is 2. The normalized spacial score (nSPS) is 9.69. The molecule has 0 saturated heterocycles. The topological polar surface area (TPSA) is 98.2 Å². The summed E-state index contributed by atoms with van der Waals surface area (Å²) in [5, 5.41) is 5.72. The first kappa shape index (κ1) is 9.24. The van der Waals surface area contributed by atoms with Crippen molar-refractivity contribution in [1.29, 1.82) is 0 Å². The van der Waals surface area contributed by atoms with Gasteiger partial charge in [0.1, 0.15) is 5.69 Å². The Balaban J connectivity index is 3.08. The van der Waals surface area contributed by atoms with Crippen LogP contribution >= 0.6 is 0 Å². The van der Waals surface area contributed by atoms with Crippen LogP contribution < -0.4 is 11.1 Å². The summed E-state index contributed by atoms with van der Waals surface area (Å²) >= 11 is 0. The van der Waals surface area contributed by atoms with Gasteiger partial charge in [0.15, 0.2) is 11.6 Å². The Morgan fingerprint density at radius 3 is 2.54 bits per heavy atom. The Morgan fingerprint density at radius 2 is 2.08 bits per heavy atom.